The number of rotatable bonds is 7. The van der Waals surface area contributed by atoms with Crippen molar-refractivity contribution in [2.24, 2.45) is 0 Å². The van der Waals surface area contributed by atoms with Gasteiger partial charge in [-0.05, 0) is 12.8 Å². The average molecular weight is 234 g/mol. The Hall–Kier alpha value is -1.89. The highest BCUT2D eigenvalue weighted by molar-refractivity contribution is 5.53. The number of unbranched alkanes of at least 4 members (excludes halogenated alkanes) is 2. The Morgan fingerprint density at radius 3 is 2.29 bits per heavy atom. The van der Waals surface area contributed by atoms with Gasteiger partial charge in [-0.3, -0.25) is 0 Å². The molecule has 0 spiro atoms. The molecular weight excluding hydrogens is 216 g/mol. The van der Waals surface area contributed by atoms with Gasteiger partial charge in [0, 0.05) is 36.9 Å². The summed E-state index contributed by atoms with van der Waals surface area (Å²) in [6.07, 6.45) is 2.51. The zero-order valence-electron chi connectivity index (χ0n) is 10.3. The molecule has 0 aliphatic carbocycles. The monoisotopic (exact) mass is 234 g/mol. The summed E-state index contributed by atoms with van der Waals surface area (Å²) >= 11 is 0. The highest BCUT2D eigenvalue weighted by atomic mass is 16.5. The van der Waals surface area contributed by atoms with E-state index in [9.17, 15) is 0 Å². The minimum absolute atomic E-state index is 0.614. The summed E-state index contributed by atoms with van der Waals surface area (Å²) in [5.41, 5.74) is 0.971. The van der Waals surface area contributed by atoms with Gasteiger partial charge in [0.05, 0.1) is 20.3 Å². The van der Waals surface area contributed by atoms with Gasteiger partial charge in [0.1, 0.15) is 11.5 Å². The Bertz CT molecular complexity index is 363. The molecule has 0 aromatic heterocycles. The van der Waals surface area contributed by atoms with E-state index in [1.165, 1.54) is 0 Å². The van der Waals surface area contributed by atoms with Crippen LogP contribution in [0.15, 0.2) is 18.2 Å². The SMILES string of the molecule is COc1cc(NCCCCC#N)cc(OC)c1. The molecule has 0 aliphatic heterocycles. The Morgan fingerprint density at radius 1 is 1.12 bits per heavy atom. The molecule has 17 heavy (non-hydrogen) atoms. The fourth-order valence-electron chi connectivity index (χ4n) is 1.47. The van der Waals surface area contributed by atoms with Crippen molar-refractivity contribution >= 4 is 5.69 Å². The molecule has 0 heterocycles. The molecule has 1 aromatic carbocycles. The molecule has 1 N–H and O–H groups in total. The van der Waals surface area contributed by atoms with Crippen LogP contribution < -0.4 is 14.8 Å². The number of nitrogens with one attached hydrogen (secondary N) is 1. The predicted octanol–water partition coefficient (Wildman–Crippen LogP) is 2.81. The molecule has 0 radical (unpaired) electrons. The molecule has 0 atom stereocenters. The summed E-state index contributed by atoms with van der Waals surface area (Å²) in [6, 6.07) is 7.82. The van der Waals surface area contributed by atoms with Crippen molar-refractivity contribution in [1.82, 2.24) is 0 Å². The highest BCUT2D eigenvalue weighted by Gasteiger charge is 2.00. The number of nitrogens with zero attached hydrogens (tertiary/aromatic N) is 1. The van der Waals surface area contributed by atoms with E-state index in [-0.39, 0.29) is 0 Å². The number of ether oxygens (including phenoxy) is 2. The van der Waals surface area contributed by atoms with E-state index in [4.69, 9.17) is 14.7 Å². The highest BCUT2D eigenvalue weighted by Crippen LogP contribution is 2.25. The van der Waals surface area contributed by atoms with E-state index < -0.39 is 0 Å². The number of methoxy groups -OCH3 is 2. The van der Waals surface area contributed by atoms with E-state index in [0.717, 1.165) is 36.6 Å². The number of hydrogen-bond donors (Lipinski definition) is 1. The maximum absolute atomic E-state index is 8.42. The number of nitriles is 1. The van der Waals surface area contributed by atoms with E-state index in [2.05, 4.69) is 11.4 Å². The third-order valence-corrected chi connectivity index (χ3v) is 2.40. The molecule has 0 aliphatic rings. The first kappa shape index (κ1) is 13.2. The van der Waals surface area contributed by atoms with Crippen LogP contribution in [0.1, 0.15) is 19.3 Å². The van der Waals surface area contributed by atoms with Gasteiger partial charge < -0.3 is 14.8 Å². The summed E-state index contributed by atoms with van der Waals surface area (Å²) in [4.78, 5) is 0. The lowest BCUT2D eigenvalue weighted by Crippen LogP contribution is -2.02. The minimum Gasteiger partial charge on any atom is -0.497 e. The second-order valence-electron chi connectivity index (χ2n) is 3.64. The van der Waals surface area contributed by atoms with Gasteiger partial charge in [-0.2, -0.15) is 5.26 Å². The summed E-state index contributed by atoms with van der Waals surface area (Å²) < 4.78 is 10.4. The summed E-state index contributed by atoms with van der Waals surface area (Å²) in [7, 11) is 3.26. The Kier molecular flexibility index (Phi) is 5.73. The molecule has 4 nitrogen and oxygen atoms in total. The Morgan fingerprint density at radius 2 is 1.76 bits per heavy atom. The molecule has 0 bridgehead atoms. The Labute approximate surface area is 102 Å². The maximum Gasteiger partial charge on any atom is 0.124 e. The molecule has 1 rings (SSSR count). The van der Waals surface area contributed by atoms with Crippen molar-refractivity contribution in [3.05, 3.63) is 18.2 Å². The van der Waals surface area contributed by atoms with Crippen molar-refractivity contribution in [2.75, 3.05) is 26.1 Å². The second-order valence-corrected chi connectivity index (χ2v) is 3.64. The molecule has 0 saturated carbocycles. The van der Waals surface area contributed by atoms with Crippen LogP contribution >= 0.6 is 0 Å². The lowest BCUT2D eigenvalue weighted by molar-refractivity contribution is 0.394. The van der Waals surface area contributed by atoms with E-state index in [1.54, 1.807) is 14.2 Å². The molecule has 4 heteroatoms. The van der Waals surface area contributed by atoms with Crippen LogP contribution in [0, 0.1) is 11.3 Å². The fourth-order valence-corrected chi connectivity index (χ4v) is 1.47. The van der Waals surface area contributed by atoms with Gasteiger partial charge >= 0.3 is 0 Å². The zero-order valence-corrected chi connectivity index (χ0v) is 10.3. The van der Waals surface area contributed by atoms with E-state index in [0.29, 0.717) is 6.42 Å². The molecule has 0 unspecified atom stereocenters. The van der Waals surface area contributed by atoms with Crippen LogP contribution in [0.4, 0.5) is 5.69 Å². The maximum atomic E-state index is 8.42. The van der Waals surface area contributed by atoms with Crippen molar-refractivity contribution < 1.29 is 9.47 Å². The molecule has 0 amide bonds. The molecule has 0 fully saturated rings. The van der Waals surface area contributed by atoms with Gasteiger partial charge in [-0.25, -0.2) is 0 Å². The lowest BCUT2D eigenvalue weighted by Gasteiger charge is -2.10. The topological polar surface area (TPSA) is 54.3 Å². The normalized spacial score (nSPS) is 9.47. The first-order chi connectivity index (χ1) is 8.30. The van der Waals surface area contributed by atoms with Crippen molar-refractivity contribution in [3.8, 4) is 17.6 Å². The average Bonchev–Trinajstić information content (AvgIpc) is 2.38. The van der Waals surface area contributed by atoms with Gasteiger partial charge in [-0.15, -0.1) is 0 Å². The first-order valence-corrected chi connectivity index (χ1v) is 5.64. The van der Waals surface area contributed by atoms with Crippen molar-refractivity contribution in [1.29, 1.82) is 5.26 Å². The second kappa shape index (κ2) is 7.39. The number of anilines is 1. The van der Waals surface area contributed by atoms with Crippen LogP contribution in [0.2, 0.25) is 0 Å². The standard InChI is InChI=1S/C13H18N2O2/c1-16-12-8-11(9-13(10-12)17-2)15-7-5-3-4-6-14/h8-10,15H,3-5,7H2,1-2H3. The third-order valence-electron chi connectivity index (χ3n) is 2.40. The summed E-state index contributed by atoms with van der Waals surface area (Å²) in [5, 5.41) is 11.7. The van der Waals surface area contributed by atoms with Crippen LogP contribution in [0.5, 0.6) is 11.5 Å². The number of benzene rings is 1. The molecule has 92 valence electrons. The lowest BCUT2D eigenvalue weighted by atomic mass is 10.2. The van der Waals surface area contributed by atoms with Gasteiger partial charge in [0.15, 0.2) is 0 Å². The first-order valence-electron chi connectivity index (χ1n) is 5.64. The fraction of sp³-hybridized carbons (Fsp3) is 0.462. The van der Waals surface area contributed by atoms with Gasteiger partial charge in [0.25, 0.3) is 0 Å². The van der Waals surface area contributed by atoms with Crippen LogP contribution in [0.25, 0.3) is 0 Å². The van der Waals surface area contributed by atoms with Crippen LogP contribution in [0.3, 0.4) is 0 Å². The summed E-state index contributed by atoms with van der Waals surface area (Å²) in [6.45, 7) is 0.845. The quantitative estimate of drug-likeness (QED) is 0.737. The molecule has 1 aromatic rings. The largest absolute Gasteiger partial charge is 0.497 e. The van der Waals surface area contributed by atoms with E-state index >= 15 is 0 Å². The number of hydrogen-bond acceptors (Lipinski definition) is 4. The van der Waals surface area contributed by atoms with Crippen LogP contribution in [-0.2, 0) is 0 Å². The van der Waals surface area contributed by atoms with Gasteiger partial charge in [0.2, 0.25) is 0 Å². The third kappa shape index (κ3) is 4.64. The van der Waals surface area contributed by atoms with Crippen LogP contribution in [-0.4, -0.2) is 20.8 Å². The molecule has 0 saturated heterocycles. The van der Waals surface area contributed by atoms with Gasteiger partial charge in [-0.1, -0.05) is 0 Å². The van der Waals surface area contributed by atoms with E-state index in [1.807, 2.05) is 18.2 Å². The molecular formula is C13H18N2O2. The zero-order chi connectivity index (χ0) is 12.5. The van der Waals surface area contributed by atoms with Crippen molar-refractivity contribution in [2.45, 2.75) is 19.3 Å². The predicted molar refractivity (Wildman–Crippen MR) is 67.5 cm³/mol. The smallest absolute Gasteiger partial charge is 0.124 e. The Balaban J connectivity index is 2.49. The van der Waals surface area contributed by atoms with Crippen molar-refractivity contribution in [3.63, 3.8) is 0 Å². The minimum atomic E-state index is 0.614. The summed E-state index contributed by atoms with van der Waals surface area (Å²) in [5.74, 6) is 1.53.